The lowest BCUT2D eigenvalue weighted by Gasteiger charge is -2.33. The van der Waals surface area contributed by atoms with E-state index in [0.29, 0.717) is 30.5 Å². The topological polar surface area (TPSA) is 83.7 Å². The number of aromatic nitrogens is 1. The van der Waals surface area contributed by atoms with Crippen molar-refractivity contribution in [3.63, 3.8) is 0 Å². The van der Waals surface area contributed by atoms with E-state index in [9.17, 15) is 13.2 Å². The van der Waals surface area contributed by atoms with Crippen molar-refractivity contribution in [1.29, 1.82) is 0 Å². The molecule has 1 fully saturated rings. The third-order valence-corrected chi connectivity index (χ3v) is 9.98. The van der Waals surface area contributed by atoms with Gasteiger partial charge in [0, 0.05) is 31.1 Å². The summed E-state index contributed by atoms with van der Waals surface area (Å²) in [4.78, 5) is 17.2. The van der Waals surface area contributed by atoms with Crippen molar-refractivity contribution in [1.82, 2.24) is 14.4 Å². The Kier molecular flexibility index (Phi) is 5.81. The number of fused-ring (bicyclic) bond motifs is 1. The first-order valence-corrected chi connectivity index (χ1v) is 13.1. The second-order valence-electron chi connectivity index (χ2n) is 9.71. The molecule has 1 amide bonds. The van der Waals surface area contributed by atoms with E-state index < -0.39 is 10.0 Å². The summed E-state index contributed by atoms with van der Waals surface area (Å²) >= 11 is 1.61. The molecule has 0 spiro atoms. The van der Waals surface area contributed by atoms with E-state index in [0.717, 1.165) is 17.7 Å². The number of carbonyl (C=O) groups is 1. The van der Waals surface area contributed by atoms with Gasteiger partial charge in [-0.15, -0.1) is 11.3 Å². The van der Waals surface area contributed by atoms with E-state index in [-0.39, 0.29) is 29.3 Å². The van der Waals surface area contributed by atoms with Gasteiger partial charge in [0.2, 0.25) is 10.0 Å². The minimum Gasteiger partial charge on any atom is -0.360 e. The summed E-state index contributed by atoms with van der Waals surface area (Å²) in [6, 6.07) is 2.08. The predicted molar refractivity (Wildman–Crippen MR) is 120 cm³/mol. The third kappa shape index (κ3) is 4.19. The van der Waals surface area contributed by atoms with Crippen LogP contribution in [0, 0.1) is 25.2 Å². The number of amides is 1. The SMILES string of the molecule is Cc1noc(C)c1S(=O)(=O)N1CCN(C(=O)c2cc3c(s2)CCC(C(C)(C)C)C3)CC1. The Labute approximate surface area is 188 Å². The largest absolute Gasteiger partial charge is 0.360 e. The maximum absolute atomic E-state index is 13.1. The van der Waals surface area contributed by atoms with Gasteiger partial charge in [-0.25, -0.2) is 8.42 Å². The Morgan fingerprint density at radius 1 is 1.19 bits per heavy atom. The molecule has 3 heterocycles. The highest BCUT2D eigenvalue weighted by atomic mass is 32.2. The summed E-state index contributed by atoms with van der Waals surface area (Å²) in [5, 5.41) is 3.77. The monoisotopic (exact) mass is 465 g/mol. The van der Waals surface area contributed by atoms with Gasteiger partial charge in [0.25, 0.3) is 5.91 Å². The first-order valence-electron chi connectivity index (χ1n) is 10.8. The fourth-order valence-corrected chi connectivity index (χ4v) is 7.52. The molecule has 1 aliphatic carbocycles. The lowest BCUT2D eigenvalue weighted by Crippen LogP contribution is -2.50. The zero-order chi connectivity index (χ0) is 22.6. The molecular weight excluding hydrogens is 434 g/mol. The number of hydrogen-bond acceptors (Lipinski definition) is 6. The molecule has 0 bridgehead atoms. The molecule has 0 saturated carbocycles. The van der Waals surface area contributed by atoms with Gasteiger partial charge in [-0.3, -0.25) is 4.79 Å². The maximum atomic E-state index is 13.1. The molecule has 2 aromatic rings. The predicted octanol–water partition coefficient (Wildman–Crippen LogP) is 3.65. The molecule has 1 aliphatic heterocycles. The molecule has 1 saturated heterocycles. The second-order valence-corrected chi connectivity index (χ2v) is 12.7. The molecule has 2 aliphatic rings. The quantitative estimate of drug-likeness (QED) is 0.691. The van der Waals surface area contributed by atoms with Gasteiger partial charge in [0.1, 0.15) is 10.6 Å². The average Bonchev–Trinajstić information content (AvgIpc) is 3.29. The number of carbonyl (C=O) groups excluding carboxylic acids is 1. The van der Waals surface area contributed by atoms with Crippen molar-refractivity contribution >= 4 is 27.3 Å². The molecule has 2 aromatic heterocycles. The van der Waals surface area contributed by atoms with Crippen LogP contribution in [0.2, 0.25) is 0 Å². The second kappa shape index (κ2) is 8.01. The van der Waals surface area contributed by atoms with Crippen molar-refractivity contribution < 1.29 is 17.7 Å². The van der Waals surface area contributed by atoms with Gasteiger partial charge in [-0.2, -0.15) is 4.31 Å². The Balaban J connectivity index is 1.43. The molecule has 0 N–H and O–H groups in total. The maximum Gasteiger partial charge on any atom is 0.264 e. The Morgan fingerprint density at radius 2 is 1.87 bits per heavy atom. The van der Waals surface area contributed by atoms with Crippen LogP contribution in [0.1, 0.15) is 58.8 Å². The standard InChI is InChI=1S/C22H31N3O4S2/c1-14-20(15(2)29-23-14)31(27,28)25-10-8-24(9-11-25)21(26)19-13-16-12-17(22(3,4)5)6-7-18(16)30-19/h13,17H,6-12H2,1-5H3. The molecule has 0 aromatic carbocycles. The zero-order valence-corrected chi connectivity index (χ0v) is 20.5. The van der Waals surface area contributed by atoms with Crippen LogP contribution in [-0.4, -0.2) is 54.9 Å². The summed E-state index contributed by atoms with van der Waals surface area (Å²) in [6.07, 6.45) is 3.24. The van der Waals surface area contributed by atoms with Gasteiger partial charge in [0.15, 0.2) is 5.76 Å². The Hall–Kier alpha value is -1.71. The van der Waals surface area contributed by atoms with Crippen LogP contribution in [0.15, 0.2) is 15.5 Å². The fraction of sp³-hybridized carbons (Fsp3) is 0.636. The van der Waals surface area contributed by atoms with Crippen molar-refractivity contribution in [2.24, 2.45) is 11.3 Å². The third-order valence-electron chi connectivity index (χ3n) is 6.61. The van der Waals surface area contributed by atoms with Crippen LogP contribution >= 0.6 is 11.3 Å². The summed E-state index contributed by atoms with van der Waals surface area (Å²) in [6.45, 7) is 11.4. The first-order chi connectivity index (χ1) is 14.5. The van der Waals surface area contributed by atoms with E-state index in [1.807, 2.05) is 0 Å². The number of piperazine rings is 1. The molecule has 1 atom stereocenters. The van der Waals surface area contributed by atoms with Gasteiger partial charge in [0.05, 0.1) is 4.88 Å². The first kappa shape index (κ1) is 22.5. The van der Waals surface area contributed by atoms with E-state index in [1.54, 1.807) is 30.1 Å². The summed E-state index contributed by atoms with van der Waals surface area (Å²) in [7, 11) is -3.67. The van der Waals surface area contributed by atoms with Crippen LogP contribution in [0.3, 0.4) is 0 Å². The van der Waals surface area contributed by atoms with E-state index in [2.05, 4.69) is 32.0 Å². The normalized spacial score (nSPS) is 20.7. The minimum absolute atomic E-state index is 0.0149. The number of aryl methyl sites for hydroxylation is 3. The highest BCUT2D eigenvalue weighted by Gasteiger charge is 2.35. The number of thiophene rings is 1. The van der Waals surface area contributed by atoms with Crippen LogP contribution in [-0.2, 0) is 22.9 Å². The van der Waals surface area contributed by atoms with Crippen molar-refractivity contribution in [3.8, 4) is 0 Å². The van der Waals surface area contributed by atoms with Crippen LogP contribution in [0.25, 0.3) is 0 Å². The van der Waals surface area contributed by atoms with E-state index in [4.69, 9.17) is 4.52 Å². The van der Waals surface area contributed by atoms with Crippen LogP contribution in [0.4, 0.5) is 0 Å². The lowest BCUT2D eigenvalue weighted by atomic mass is 9.72. The molecule has 0 radical (unpaired) electrons. The summed E-state index contributed by atoms with van der Waals surface area (Å²) in [5.41, 5.74) is 1.96. The highest BCUT2D eigenvalue weighted by Crippen LogP contribution is 2.40. The average molecular weight is 466 g/mol. The molecule has 9 heteroatoms. The number of hydrogen-bond donors (Lipinski definition) is 0. The van der Waals surface area contributed by atoms with Gasteiger partial charge < -0.3 is 9.42 Å². The van der Waals surface area contributed by atoms with E-state index in [1.165, 1.54) is 21.2 Å². The summed E-state index contributed by atoms with van der Waals surface area (Å²) < 4.78 is 32.5. The highest BCUT2D eigenvalue weighted by molar-refractivity contribution is 7.89. The van der Waals surface area contributed by atoms with Crippen LogP contribution in [0.5, 0.6) is 0 Å². The zero-order valence-electron chi connectivity index (χ0n) is 18.9. The molecule has 31 heavy (non-hydrogen) atoms. The van der Waals surface area contributed by atoms with Gasteiger partial charge in [-0.1, -0.05) is 25.9 Å². The summed E-state index contributed by atoms with van der Waals surface area (Å²) in [5.74, 6) is 0.949. The number of rotatable bonds is 3. The molecule has 7 nitrogen and oxygen atoms in total. The van der Waals surface area contributed by atoms with Gasteiger partial charge in [-0.05, 0) is 56.1 Å². The molecular formula is C22H31N3O4S2. The van der Waals surface area contributed by atoms with Crippen molar-refractivity contribution in [2.75, 3.05) is 26.2 Å². The minimum atomic E-state index is -3.67. The van der Waals surface area contributed by atoms with Gasteiger partial charge >= 0.3 is 0 Å². The Morgan fingerprint density at radius 3 is 2.45 bits per heavy atom. The lowest BCUT2D eigenvalue weighted by molar-refractivity contribution is 0.0702. The van der Waals surface area contributed by atoms with Crippen LogP contribution < -0.4 is 0 Å². The van der Waals surface area contributed by atoms with E-state index >= 15 is 0 Å². The number of sulfonamides is 1. The molecule has 1 unspecified atom stereocenters. The Bertz CT molecular complexity index is 1070. The smallest absolute Gasteiger partial charge is 0.264 e. The van der Waals surface area contributed by atoms with Crippen molar-refractivity contribution in [2.45, 2.75) is 58.8 Å². The van der Waals surface area contributed by atoms with Crippen molar-refractivity contribution in [3.05, 3.63) is 32.8 Å². The fourth-order valence-electron chi connectivity index (χ4n) is 4.63. The molecule has 170 valence electrons. The molecule has 4 rings (SSSR count). The number of nitrogens with zero attached hydrogens (tertiary/aromatic N) is 3.